The van der Waals surface area contributed by atoms with E-state index in [4.69, 9.17) is 11.6 Å². The fraction of sp³-hybridized carbons (Fsp3) is 0. The summed E-state index contributed by atoms with van der Waals surface area (Å²) >= 11 is 5.33. The summed E-state index contributed by atoms with van der Waals surface area (Å²) in [5.41, 5.74) is -1.79. The molecule has 0 aliphatic carbocycles. The molecule has 0 unspecified atom stereocenters. The van der Waals surface area contributed by atoms with E-state index in [1.54, 1.807) is 0 Å². The number of aromatic amines is 2. The van der Waals surface area contributed by atoms with Gasteiger partial charge in [-0.3, -0.25) is 19.6 Å². The molecular formula is C5H3ClN2O3. The van der Waals surface area contributed by atoms with Gasteiger partial charge in [-0.25, -0.2) is 4.79 Å². The molecule has 58 valence electrons. The van der Waals surface area contributed by atoms with Gasteiger partial charge in [0.25, 0.3) is 5.56 Å². The Labute approximate surface area is 65.0 Å². The summed E-state index contributed by atoms with van der Waals surface area (Å²) in [5, 5.41) is -0.242. The summed E-state index contributed by atoms with van der Waals surface area (Å²) in [6.45, 7) is 0. The van der Waals surface area contributed by atoms with E-state index in [1.165, 1.54) is 0 Å². The summed E-state index contributed by atoms with van der Waals surface area (Å²) in [7, 11) is 0. The van der Waals surface area contributed by atoms with Gasteiger partial charge in [0.2, 0.25) is 0 Å². The van der Waals surface area contributed by atoms with Crippen LogP contribution in [0.25, 0.3) is 0 Å². The zero-order valence-electron chi connectivity index (χ0n) is 5.18. The lowest BCUT2D eigenvalue weighted by molar-refractivity contribution is 0.112. The van der Waals surface area contributed by atoms with Gasteiger partial charge in [0.15, 0.2) is 6.29 Å². The molecule has 0 aliphatic rings. The van der Waals surface area contributed by atoms with Crippen LogP contribution >= 0.6 is 11.6 Å². The number of nitrogens with one attached hydrogen (secondary N) is 2. The molecule has 0 amide bonds. The van der Waals surface area contributed by atoms with Crippen LogP contribution in [0.15, 0.2) is 9.59 Å². The SMILES string of the molecule is O=Cc1c(Cl)[nH]c(=O)[nH]c1=O. The van der Waals surface area contributed by atoms with Crippen molar-refractivity contribution in [2.24, 2.45) is 0 Å². The molecule has 6 heteroatoms. The molecule has 5 nitrogen and oxygen atoms in total. The minimum absolute atomic E-state index is 0.242. The van der Waals surface area contributed by atoms with E-state index < -0.39 is 11.2 Å². The molecule has 11 heavy (non-hydrogen) atoms. The van der Waals surface area contributed by atoms with Crippen molar-refractivity contribution in [1.82, 2.24) is 9.97 Å². The zero-order valence-corrected chi connectivity index (χ0v) is 5.94. The van der Waals surface area contributed by atoms with Gasteiger partial charge in [-0.15, -0.1) is 0 Å². The van der Waals surface area contributed by atoms with Crippen LogP contribution in [0.1, 0.15) is 10.4 Å². The average molecular weight is 175 g/mol. The number of carbonyl (C=O) groups excluding carboxylic acids is 1. The van der Waals surface area contributed by atoms with Crippen LogP contribution in [0, 0.1) is 0 Å². The number of hydrogen-bond donors (Lipinski definition) is 2. The minimum atomic E-state index is -0.784. The Morgan fingerprint density at radius 2 is 1.91 bits per heavy atom. The van der Waals surface area contributed by atoms with Crippen molar-refractivity contribution in [2.75, 3.05) is 0 Å². The molecule has 0 bridgehead atoms. The van der Waals surface area contributed by atoms with E-state index in [0.29, 0.717) is 0 Å². The second kappa shape index (κ2) is 2.71. The Hall–Kier alpha value is -1.36. The van der Waals surface area contributed by atoms with Gasteiger partial charge in [0.05, 0.1) is 0 Å². The highest BCUT2D eigenvalue weighted by atomic mass is 35.5. The van der Waals surface area contributed by atoms with Crippen molar-refractivity contribution in [1.29, 1.82) is 0 Å². The predicted molar refractivity (Wildman–Crippen MR) is 38.1 cm³/mol. The second-order valence-electron chi connectivity index (χ2n) is 1.75. The quantitative estimate of drug-likeness (QED) is 0.446. The molecule has 1 aromatic rings. The fourth-order valence-corrected chi connectivity index (χ4v) is 0.790. The molecule has 0 saturated heterocycles. The number of carbonyl (C=O) groups is 1. The molecule has 0 spiro atoms. The van der Waals surface area contributed by atoms with Crippen molar-refractivity contribution < 1.29 is 4.79 Å². The first-order valence-electron chi connectivity index (χ1n) is 2.62. The van der Waals surface area contributed by atoms with E-state index in [0.717, 1.165) is 0 Å². The summed E-state index contributed by atoms with van der Waals surface area (Å²) in [6.07, 6.45) is 0.275. The minimum Gasteiger partial charge on any atom is -0.298 e. The normalized spacial score (nSPS) is 9.55. The fourth-order valence-electron chi connectivity index (χ4n) is 0.574. The lowest BCUT2D eigenvalue weighted by Crippen LogP contribution is -2.25. The maximum Gasteiger partial charge on any atom is 0.326 e. The number of rotatable bonds is 1. The molecule has 0 aromatic carbocycles. The second-order valence-corrected chi connectivity index (χ2v) is 2.13. The van der Waals surface area contributed by atoms with Gasteiger partial charge in [0, 0.05) is 0 Å². The van der Waals surface area contributed by atoms with Crippen LogP contribution < -0.4 is 11.2 Å². The van der Waals surface area contributed by atoms with Gasteiger partial charge in [-0.2, -0.15) is 0 Å². The van der Waals surface area contributed by atoms with Gasteiger partial charge in [0.1, 0.15) is 10.7 Å². The van der Waals surface area contributed by atoms with Crippen molar-refractivity contribution in [3.05, 3.63) is 31.6 Å². The highest BCUT2D eigenvalue weighted by molar-refractivity contribution is 6.31. The molecule has 0 aliphatic heterocycles. The molecule has 0 radical (unpaired) electrons. The topological polar surface area (TPSA) is 82.8 Å². The highest BCUT2D eigenvalue weighted by Gasteiger charge is 2.04. The van der Waals surface area contributed by atoms with Crippen LogP contribution in [0.3, 0.4) is 0 Å². The lowest BCUT2D eigenvalue weighted by Gasteiger charge is -1.90. The lowest BCUT2D eigenvalue weighted by atomic mass is 10.4. The van der Waals surface area contributed by atoms with Crippen LogP contribution in [-0.2, 0) is 0 Å². The maximum atomic E-state index is 10.7. The predicted octanol–water partition coefficient (Wildman–Crippen LogP) is -0.471. The Morgan fingerprint density at radius 3 is 2.36 bits per heavy atom. The first-order valence-corrected chi connectivity index (χ1v) is 3.00. The van der Waals surface area contributed by atoms with E-state index in [2.05, 4.69) is 4.98 Å². The molecule has 1 aromatic heterocycles. The molecule has 1 rings (SSSR count). The third-order valence-corrected chi connectivity index (χ3v) is 1.35. The van der Waals surface area contributed by atoms with E-state index in [1.807, 2.05) is 4.98 Å². The largest absolute Gasteiger partial charge is 0.326 e. The van der Waals surface area contributed by atoms with Gasteiger partial charge in [-0.05, 0) is 0 Å². The average Bonchev–Trinajstić information content (AvgIpc) is 1.85. The van der Waals surface area contributed by atoms with Crippen LogP contribution in [0.2, 0.25) is 5.15 Å². The molecule has 1 heterocycles. The number of H-pyrrole nitrogens is 2. The van der Waals surface area contributed by atoms with Crippen molar-refractivity contribution in [3.63, 3.8) is 0 Å². The van der Waals surface area contributed by atoms with Gasteiger partial charge in [-0.1, -0.05) is 11.6 Å². The molecule has 2 N–H and O–H groups in total. The smallest absolute Gasteiger partial charge is 0.298 e. The van der Waals surface area contributed by atoms with Crippen molar-refractivity contribution in [3.8, 4) is 0 Å². The first-order chi connectivity index (χ1) is 5.15. The zero-order chi connectivity index (χ0) is 8.43. The molecule has 0 fully saturated rings. The standard InChI is InChI=1S/C5H3ClN2O3/c6-3-2(1-9)4(10)8-5(11)7-3/h1H,(H2,7,8,10,11). The summed E-state index contributed by atoms with van der Waals surface area (Å²) in [4.78, 5) is 35.2. The van der Waals surface area contributed by atoms with Crippen LogP contribution in [0.5, 0.6) is 0 Å². The molecule has 0 saturated carbocycles. The number of aromatic nitrogens is 2. The van der Waals surface area contributed by atoms with Crippen LogP contribution in [-0.4, -0.2) is 16.3 Å². The Morgan fingerprint density at radius 1 is 1.27 bits per heavy atom. The molecule has 0 atom stereocenters. The summed E-state index contributed by atoms with van der Waals surface area (Å²) in [5.74, 6) is 0. The monoisotopic (exact) mass is 174 g/mol. The number of hydrogen-bond acceptors (Lipinski definition) is 3. The number of halogens is 1. The van der Waals surface area contributed by atoms with E-state index in [-0.39, 0.29) is 17.0 Å². The van der Waals surface area contributed by atoms with E-state index >= 15 is 0 Å². The Bertz CT molecular complexity index is 391. The van der Waals surface area contributed by atoms with Crippen molar-refractivity contribution >= 4 is 17.9 Å². The number of aldehydes is 1. The maximum absolute atomic E-state index is 10.7. The highest BCUT2D eigenvalue weighted by Crippen LogP contribution is 2.00. The third kappa shape index (κ3) is 1.38. The summed E-state index contributed by atoms with van der Waals surface area (Å²) in [6, 6.07) is 0. The third-order valence-electron chi connectivity index (χ3n) is 1.05. The van der Waals surface area contributed by atoms with Gasteiger partial charge < -0.3 is 0 Å². The Balaban J connectivity index is 3.62. The van der Waals surface area contributed by atoms with Crippen LogP contribution in [0.4, 0.5) is 0 Å². The first kappa shape index (κ1) is 7.74. The summed E-state index contributed by atoms with van der Waals surface area (Å²) < 4.78 is 0. The molecular weight excluding hydrogens is 172 g/mol. The van der Waals surface area contributed by atoms with Crippen molar-refractivity contribution in [2.45, 2.75) is 0 Å². The Kier molecular flexibility index (Phi) is 1.91. The van der Waals surface area contributed by atoms with Gasteiger partial charge >= 0.3 is 5.69 Å². The van der Waals surface area contributed by atoms with E-state index in [9.17, 15) is 14.4 Å².